The molecule has 1 heterocycles. The van der Waals surface area contributed by atoms with Crippen LogP contribution >= 0.6 is 0 Å². The van der Waals surface area contributed by atoms with Crippen LogP contribution in [0.2, 0.25) is 0 Å². The Morgan fingerprint density at radius 1 is 1.00 bits per heavy atom. The van der Waals surface area contributed by atoms with Crippen molar-refractivity contribution in [3.05, 3.63) is 0 Å². The van der Waals surface area contributed by atoms with Gasteiger partial charge < -0.3 is 10.6 Å². The second-order valence-electron chi connectivity index (χ2n) is 6.24. The summed E-state index contributed by atoms with van der Waals surface area (Å²) in [6.45, 7) is 3.39. The molecular weight excluding hydrogens is 236 g/mol. The Balaban J connectivity index is 1.47. The van der Waals surface area contributed by atoms with Crippen LogP contribution in [0, 0.1) is 5.92 Å². The number of ketones is 1. The van der Waals surface area contributed by atoms with Gasteiger partial charge in [0.25, 0.3) is 0 Å². The summed E-state index contributed by atoms with van der Waals surface area (Å²) in [4.78, 5) is 12.0. The highest BCUT2D eigenvalue weighted by Gasteiger charge is 2.20. The minimum absolute atomic E-state index is 0.408. The molecule has 0 aromatic heterocycles. The first-order chi connectivity index (χ1) is 9.36. The van der Waals surface area contributed by atoms with E-state index in [1.165, 1.54) is 32.1 Å². The zero-order valence-corrected chi connectivity index (χ0v) is 12.3. The second kappa shape index (κ2) is 8.70. The van der Waals surface area contributed by atoms with Crippen LogP contribution in [0.5, 0.6) is 0 Å². The number of carbonyl (C=O) groups excluding carboxylic acids is 1. The molecule has 2 aliphatic rings. The molecule has 0 unspecified atom stereocenters. The van der Waals surface area contributed by atoms with Gasteiger partial charge in [-0.15, -0.1) is 0 Å². The summed E-state index contributed by atoms with van der Waals surface area (Å²) in [5.41, 5.74) is 0. The van der Waals surface area contributed by atoms with Gasteiger partial charge in [-0.1, -0.05) is 19.3 Å². The van der Waals surface area contributed by atoms with Crippen LogP contribution in [0.25, 0.3) is 0 Å². The van der Waals surface area contributed by atoms with Gasteiger partial charge in [0.15, 0.2) is 0 Å². The van der Waals surface area contributed by atoms with Crippen molar-refractivity contribution in [3.8, 4) is 0 Å². The van der Waals surface area contributed by atoms with Crippen molar-refractivity contribution in [2.45, 2.75) is 70.3 Å². The molecule has 1 saturated heterocycles. The van der Waals surface area contributed by atoms with E-state index in [0.717, 1.165) is 51.7 Å². The molecule has 2 fully saturated rings. The zero-order valence-electron chi connectivity index (χ0n) is 12.3. The summed E-state index contributed by atoms with van der Waals surface area (Å²) in [7, 11) is 0. The normalized spacial score (nSPS) is 22.5. The van der Waals surface area contributed by atoms with Crippen molar-refractivity contribution in [1.29, 1.82) is 0 Å². The van der Waals surface area contributed by atoms with Crippen LogP contribution < -0.4 is 10.6 Å². The summed E-state index contributed by atoms with van der Waals surface area (Å²) >= 11 is 0. The monoisotopic (exact) mass is 266 g/mol. The lowest BCUT2D eigenvalue weighted by atomic mass is 9.85. The second-order valence-corrected chi connectivity index (χ2v) is 6.24. The lowest BCUT2D eigenvalue weighted by molar-refractivity contribution is -0.123. The van der Waals surface area contributed by atoms with Crippen molar-refractivity contribution in [3.63, 3.8) is 0 Å². The molecule has 0 aromatic carbocycles. The Kier molecular flexibility index (Phi) is 6.86. The van der Waals surface area contributed by atoms with Crippen LogP contribution in [0.1, 0.15) is 64.2 Å². The first-order valence-electron chi connectivity index (χ1n) is 8.33. The van der Waals surface area contributed by atoms with Crippen molar-refractivity contribution in [1.82, 2.24) is 10.6 Å². The summed E-state index contributed by atoms with van der Waals surface area (Å²) < 4.78 is 0. The highest BCUT2D eigenvalue weighted by Crippen LogP contribution is 2.25. The fourth-order valence-corrected chi connectivity index (χ4v) is 3.39. The lowest BCUT2D eigenvalue weighted by Gasteiger charge is -2.24. The van der Waals surface area contributed by atoms with Crippen molar-refractivity contribution < 1.29 is 4.79 Å². The van der Waals surface area contributed by atoms with Gasteiger partial charge in [0.2, 0.25) is 0 Å². The van der Waals surface area contributed by atoms with Gasteiger partial charge >= 0.3 is 0 Å². The highest BCUT2D eigenvalue weighted by molar-refractivity contribution is 5.80. The summed E-state index contributed by atoms with van der Waals surface area (Å²) in [5, 5.41) is 7.01. The number of hydrogen-bond donors (Lipinski definition) is 2. The molecule has 0 amide bonds. The fraction of sp³-hybridized carbons (Fsp3) is 0.938. The molecule has 110 valence electrons. The summed E-state index contributed by atoms with van der Waals surface area (Å²) in [5.74, 6) is 0.952. The van der Waals surface area contributed by atoms with Crippen LogP contribution in [-0.4, -0.2) is 31.5 Å². The van der Waals surface area contributed by atoms with E-state index < -0.39 is 0 Å². The van der Waals surface area contributed by atoms with Gasteiger partial charge in [0, 0.05) is 18.4 Å². The van der Waals surface area contributed by atoms with Crippen LogP contribution in [0.3, 0.4) is 0 Å². The molecule has 2 rings (SSSR count). The predicted molar refractivity (Wildman–Crippen MR) is 79.3 cm³/mol. The highest BCUT2D eigenvalue weighted by atomic mass is 16.1. The number of hydrogen-bond acceptors (Lipinski definition) is 3. The maximum absolute atomic E-state index is 12.0. The summed E-state index contributed by atoms with van der Waals surface area (Å²) in [6.07, 6.45) is 11.7. The molecule has 0 radical (unpaired) electrons. The van der Waals surface area contributed by atoms with E-state index in [0.29, 0.717) is 17.7 Å². The maximum atomic E-state index is 12.0. The third kappa shape index (κ3) is 5.62. The Bertz CT molecular complexity index is 255. The van der Waals surface area contributed by atoms with E-state index in [4.69, 9.17) is 0 Å². The third-order valence-electron chi connectivity index (χ3n) is 4.68. The number of rotatable bonds is 7. The van der Waals surface area contributed by atoms with E-state index in [-0.39, 0.29) is 0 Å². The van der Waals surface area contributed by atoms with Crippen molar-refractivity contribution >= 4 is 5.78 Å². The number of piperidine rings is 1. The molecule has 19 heavy (non-hydrogen) atoms. The molecule has 3 nitrogen and oxygen atoms in total. The molecule has 1 saturated carbocycles. The quantitative estimate of drug-likeness (QED) is 0.696. The maximum Gasteiger partial charge on any atom is 0.135 e. The van der Waals surface area contributed by atoms with E-state index in [2.05, 4.69) is 10.6 Å². The van der Waals surface area contributed by atoms with E-state index in [9.17, 15) is 4.79 Å². The third-order valence-corrected chi connectivity index (χ3v) is 4.68. The lowest BCUT2D eigenvalue weighted by Crippen LogP contribution is -2.40. The average molecular weight is 266 g/mol. The molecular formula is C16H30N2O. The predicted octanol–water partition coefficient (Wildman–Crippen LogP) is 2.65. The standard InChI is InChI=1S/C16H30N2O/c19-16(14-6-2-1-3-7-14)8-4-5-11-18-15-9-12-17-13-10-15/h14-15,17-18H,1-13H2. The molecule has 2 N–H and O–H groups in total. The van der Waals surface area contributed by atoms with Gasteiger partial charge in [0.05, 0.1) is 0 Å². The number of carbonyl (C=O) groups is 1. The first-order valence-corrected chi connectivity index (χ1v) is 8.33. The van der Waals surface area contributed by atoms with Gasteiger partial charge in [0.1, 0.15) is 5.78 Å². The largest absolute Gasteiger partial charge is 0.317 e. The molecule has 3 heteroatoms. The van der Waals surface area contributed by atoms with Crippen molar-refractivity contribution in [2.75, 3.05) is 19.6 Å². The molecule has 0 bridgehead atoms. The number of Topliss-reactive ketones (excluding diaryl/α,β-unsaturated/α-hetero) is 1. The Labute approximate surface area is 117 Å². The molecule has 1 aliphatic heterocycles. The van der Waals surface area contributed by atoms with Crippen molar-refractivity contribution in [2.24, 2.45) is 5.92 Å². The van der Waals surface area contributed by atoms with Gasteiger partial charge in [-0.05, 0) is 58.2 Å². The Hall–Kier alpha value is -0.410. The Morgan fingerprint density at radius 3 is 2.47 bits per heavy atom. The Morgan fingerprint density at radius 2 is 1.74 bits per heavy atom. The fourth-order valence-electron chi connectivity index (χ4n) is 3.39. The molecule has 0 spiro atoms. The van der Waals surface area contributed by atoms with Gasteiger partial charge in [-0.25, -0.2) is 0 Å². The van der Waals surface area contributed by atoms with Crippen LogP contribution in [0.4, 0.5) is 0 Å². The molecule has 0 atom stereocenters. The van der Waals surface area contributed by atoms with Gasteiger partial charge in [-0.2, -0.15) is 0 Å². The zero-order chi connectivity index (χ0) is 13.3. The molecule has 1 aliphatic carbocycles. The van der Waals surface area contributed by atoms with E-state index in [1.54, 1.807) is 0 Å². The van der Waals surface area contributed by atoms with Crippen LogP contribution in [0.15, 0.2) is 0 Å². The smallest absolute Gasteiger partial charge is 0.135 e. The number of nitrogens with one attached hydrogen (secondary N) is 2. The minimum atomic E-state index is 0.408. The van der Waals surface area contributed by atoms with E-state index >= 15 is 0 Å². The molecule has 0 aromatic rings. The number of unbranched alkanes of at least 4 members (excludes halogenated alkanes) is 1. The topological polar surface area (TPSA) is 41.1 Å². The minimum Gasteiger partial charge on any atom is -0.317 e. The summed E-state index contributed by atoms with van der Waals surface area (Å²) in [6, 6.07) is 0.704. The average Bonchev–Trinajstić information content (AvgIpc) is 2.49. The first kappa shape index (κ1) is 15.0. The van der Waals surface area contributed by atoms with Crippen LogP contribution in [-0.2, 0) is 4.79 Å². The van der Waals surface area contributed by atoms with Gasteiger partial charge in [-0.3, -0.25) is 4.79 Å². The SMILES string of the molecule is O=C(CCCCNC1CCNCC1)C1CCCCC1. The van der Waals surface area contributed by atoms with E-state index in [1.807, 2.05) is 0 Å².